The van der Waals surface area contributed by atoms with Gasteiger partial charge in [0.15, 0.2) is 6.10 Å². The molecule has 0 rings (SSSR count). The molecule has 0 heterocycles. The van der Waals surface area contributed by atoms with Crippen LogP contribution in [0.15, 0.2) is 122 Å². The van der Waals surface area contributed by atoms with E-state index in [-0.39, 0.29) is 31.1 Å². The van der Waals surface area contributed by atoms with E-state index in [0.29, 0.717) is 19.3 Å². The highest BCUT2D eigenvalue weighted by Gasteiger charge is 2.19. The number of rotatable bonds is 58. The van der Waals surface area contributed by atoms with E-state index in [1.54, 1.807) is 0 Å². The normalized spacial score (nSPS) is 12.9. The molecule has 0 amide bonds. The predicted molar refractivity (Wildman–Crippen MR) is 339 cm³/mol. The van der Waals surface area contributed by atoms with Gasteiger partial charge in [0, 0.05) is 19.3 Å². The molecule has 0 aromatic heterocycles. The molecule has 0 N–H and O–H groups in total. The summed E-state index contributed by atoms with van der Waals surface area (Å²) in [6, 6.07) is 0. The zero-order valence-corrected chi connectivity index (χ0v) is 50.9. The van der Waals surface area contributed by atoms with Crippen LogP contribution in [0.5, 0.6) is 0 Å². The Kier molecular flexibility index (Phi) is 61.8. The molecule has 0 radical (unpaired) electrons. The average Bonchev–Trinajstić information content (AvgIpc) is 3.44. The minimum Gasteiger partial charge on any atom is -0.462 e. The molecule has 0 aromatic carbocycles. The summed E-state index contributed by atoms with van der Waals surface area (Å²) >= 11 is 0. The van der Waals surface area contributed by atoms with Crippen LogP contribution in [-0.2, 0) is 28.6 Å². The predicted octanol–water partition coefficient (Wildman–Crippen LogP) is 22.4. The smallest absolute Gasteiger partial charge is 0.306 e. The monoisotopic (exact) mass is 1080 g/mol. The Bertz CT molecular complexity index is 1620. The molecule has 0 fully saturated rings. The minimum absolute atomic E-state index is 0.0852. The van der Waals surface area contributed by atoms with Gasteiger partial charge in [-0.3, -0.25) is 14.4 Å². The Balaban J connectivity index is 4.05. The molecule has 0 aromatic rings. The number of unbranched alkanes of at least 4 members (excludes halogenated alkanes) is 27. The highest BCUT2D eigenvalue weighted by atomic mass is 16.6. The fourth-order valence-electron chi connectivity index (χ4n) is 8.91. The third-order valence-electron chi connectivity index (χ3n) is 13.7. The second-order valence-electron chi connectivity index (χ2n) is 21.3. The zero-order chi connectivity index (χ0) is 56.4. The van der Waals surface area contributed by atoms with Gasteiger partial charge in [0.25, 0.3) is 0 Å². The molecule has 6 nitrogen and oxygen atoms in total. The summed E-state index contributed by atoms with van der Waals surface area (Å²) < 4.78 is 16.8. The van der Waals surface area contributed by atoms with E-state index in [1.165, 1.54) is 116 Å². The Morgan fingerprint density at radius 1 is 0.269 bits per heavy atom. The maximum Gasteiger partial charge on any atom is 0.306 e. The first-order chi connectivity index (χ1) is 38.5. The van der Waals surface area contributed by atoms with E-state index in [0.717, 1.165) is 141 Å². The molecule has 78 heavy (non-hydrogen) atoms. The van der Waals surface area contributed by atoms with Crippen LogP contribution in [0.3, 0.4) is 0 Å². The lowest BCUT2D eigenvalue weighted by molar-refractivity contribution is -0.167. The summed E-state index contributed by atoms with van der Waals surface area (Å²) in [5.41, 5.74) is 0. The molecule has 0 saturated heterocycles. The number of hydrogen-bond acceptors (Lipinski definition) is 6. The van der Waals surface area contributed by atoms with Crippen LogP contribution in [-0.4, -0.2) is 37.2 Å². The van der Waals surface area contributed by atoms with Gasteiger partial charge >= 0.3 is 17.9 Å². The third-order valence-corrected chi connectivity index (χ3v) is 13.7. The van der Waals surface area contributed by atoms with Crippen molar-refractivity contribution in [3.05, 3.63) is 122 Å². The molecule has 1 atom stereocenters. The van der Waals surface area contributed by atoms with Crippen molar-refractivity contribution in [3.8, 4) is 0 Å². The van der Waals surface area contributed by atoms with Crippen molar-refractivity contribution in [3.63, 3.8) is 0 Å². The summed E-state index contributed by atoms with van der Waals surface area (Å²) in [6.45, 7) is 6.35. The molecule has 6 heteroatoms. The van der Waals surface area contributed by atoms with Crippen molar-refractivity contribution in [2.45, 2.75) is 303 Å². The van der Waals surface area contributed by atoms with Gasteiger partial charge in [0.1, 0.15) is 13.2 Å². The lowest BCUT2D eigenvalue weighted by Crippen LogP contribution is -2.30. The Morgan fingerprint density at radius 2 is 0.500 bits per heavy atom. The Labute approximate surface area is 482 Å². The fraction of sp³-hybridized carbons (Fsp3) is 0.681. The summed E-state index contributed by atoms with van der Waals surface area (Å²) in [5, 5.41) is 0. The first kappa shape index (κ1) is 73.8. The highest BCUT2D eigenvalue weighted by molar-refractivity contribution is 5.71. The fourth-order valence-corrected chi connectivity index (χ4v) is 8.91. The van der Waals surface area contributed by atoms with Crippen LogP contribution in [0.4, 0.5) is 0 Å². The van der Waals surface area contributed by atoms with Crippen LogP contribution in [0.1, 0.15) is 297 Å². The summed E-state index contributed by atoms with van der Waals surface area (Å²) in [7, 11) is 0. The average molecular weight is 1080 g/mol. The zero-order valence-electron chi connectivity index (χ0n) is 50.9. The topological polar surface area (TPSA) is 78.9 Å². The van der Waals surface area contributed by atoms with Crippen molar-refractivity contribution in [2.75, 3.05) is 13.2 Å². The summed E-state index contributed by atoms with van der Waals surface area (Å²) in [4.78, 5) is 38.0. The quantitative estimate of drug-likeness (QED) is 0.0261. The van der Waals surface area contributed by atoms with Gasteiger partial charge in [0.2, 0.25) is 0 Å². The van der Waals surface area contributed by atoms with Gasteiger partial charge in [-0.05, 0) is 109 Å². The molecule has 0 bridgehead atoms. The minimum atomic E-state index is -0.787. The molecule has 444 valence electrons. The number of hydrogen-bond donors (Lipinski definition) is 0. The largest absolute Gasteiger partial charge is 0.462 e. The third kappa shape index (κ3) is 62.7. The summed E-state index contributed by atoms with van der Waals surface area (Å²) in [6.07, 6.45) is 91.1. The molecule has 0 saturated carbocycles. The van der Waals surface area contributed by atoms with Crippen LogP contribution in [0.25, 0.3) is 0 Å². The Hall–Kier alpha value is -4.19. The van der Waals surface area contributed by atoms with E-state index < -0.39 is 6.10 Å². The molecular formula is C72H120O6. The number of carbonyl (C=O) groups excluding carboxylic acids is 3. The first-order valence-corrected chi connectivity index (χ1v) is 32.5. The van der Waals surface area contributed by atoms with Gasteiger partial charge < -0.3 is 14.2 Å². The number of allylic oxidation sites excluding steroid dienone is 20. The van der Waals surface area contributed by atoms with Crippen LogP contribution in [0, 0.1) is 0 Å². The van der Waals surface area contributed by atoms with Crippen LogP contribution < -0.4 is 0 Å². The van der Waals surface area contributed by atoms with Crippen molar-refractivity contribution < 1.29 is 28.6 Å². The highest BCUT2D eigenvalue weighted by Crippen LogP contribution is 2.16. The number of ether oxygens (including phenoxy) is 3. The lowest BCUT2D eigenvalue weighted by atomic mass is 10.0. The molecule has 0 aliphatic rings. The van der Waals surface area contributed by atoms with E-state index in [9.17, 15) is 14.4 Å². The second-order valence-corrected chi connectivity index (χ2v) is 21.3. The standard InChI is InChI=1S/C72H120O6/c1-4-7-10-13-16-18-20-22-24-26-28-30-31-32-33-34-35-36-37-38-39-40-41-43-44-46-48-50-52-54-56-59-62-65-71(74)77-68-69(67-76-70(73)64-61-58-15-12-9-6-3)78-72(75)66-63-60-57-55-53-51-49-47-45-42-29-27-25-23-21-19-17-14-11-8-5-2/h7-8,10-11,16-19,22-25,28-30,32-33,42,47,49,69H,4-6,9,12-15,20-21,26-27,31,34-41,43-46,48,50-68H2,1-3H3/b10-7-,11-8-,18-16-,19-17-,24-22-,25-23-,30-28-,33-32-,42-29-,49-47-. The second kappa shape index (κ2) is 65.3. The van der Waals surface area contributed by atoms with E-state index >= 15 is 0 Å². The van der Waals surface area contributed by atoms with Gasteiger partial charge in [-0.25, -0.2) is 0 Å². The Morgan fingerprint density at radius 3 is 0.782 bits per heavy atom. The van der Waals surface area contributed by atoms with Gasteiger partial charge in [-0.1, -0.05) is 290 Å². The SMILES string of the molecule is CC/C=C\C/C=C\C/C=C\C/C=C\C/C=C\CCCCCCCCCCCCCCCCCCCC(=O)OCC(COC(=O)CCCCCCCC)OC(=O)CCCCCCC/C=C\C/C=C\C/C=C\C/C=C\C/C=C\CC. The van der Waals surface area contributed by atoms with E-state index in [4.69, 9.17) is 14.2 Å². The maximum atomic E-state index is 12.8. The first-order valence-electron chi connectivity index (χ1n) is 32.5. The van der Waals surface area contributed by atoms with Gasteiger partial charge in [-0.15, -0.1) is 0 Å². The van der Waals surface area contributed by atoms with Crippen molar-refractivity contribution in [1.29, 1.82) is 0 Å². The van der Waals surface area contributed by atoms with Crippen molar-refractivity contribution in [2.24, 2.45) is 0 Å². The molecule has 0 aliphatic heterocycles. The van der Waals surface area contributed by atoms with Crippen LogP contribution >= 0.6 is 0 Å². The summed E-state index contributed by atoms with van der Waals surface area (Å²) in [5.74, 6) is -0.908. The maximum absolute atomic E-state index is 12.8. The van der Waals surface area contributed by atoms with Crippen LogP contribution in [0.2, 0.25) is 0 Å². The van der Waals surface area contributed by atoms with Crippen molar-refractivity contribution >= 4 is 17.9 Å². The lowest BCUT2D eigenvalue weighted by Gasteiger charge is -2.18. The molecule has 1 unspecified atom stereocenters. The van der Waals surface area contributed by atoms with Gasteiger partial charge in [0.05, 0.1) is 0 Å². The molecule has 0 aliphatic carbocycles. The van der Waals surface area contributed by atoms with E-state index in [1.807, 2.05) is 0 Å². The number of carbonyl (C=O) groups is 3. The van der Waals surface area contributed by atoms with Crippen molar-refractivity contribution in [1.82, 2.24) is 0 Å². The van der Waals surface area contributed by atoms with E-state index in [2.05, 4.69) is 142 Å². The van der Waals surface area contributed by atoms with Gasteiger partial charge in [-0.2, -0.15) is 0 Å². The molecular weight excluding hydrogens is 961 g/mol. The number of esters is 3. The molecule has 0 spiro atoms.